The lowest BCUT2D eigenvalue weighted by molar-refractivity contribution is -0.139. The molecule has 0 saturated heterocycles. The minimum absolute atomic E-state index is 0.0817. The molecule has 1 atom stereocenters. The number of rotatable bonds is 4. The summed E-state index contributed by atoms with van der Waals surface area (Å²) >= 11 is 0. The number of hydrogen-bond acceptors (Lipinski definition) is 2. The number of carbonyl (C=O) groups is 2. The summed E-state index contributed by atoms with van der Waals surface area (Å²) in [6.45, 7) is 0. The SMILES string of the molecule is O=C(Nc1ccc2c(c1)CCC2)NC(C(=O)O)C1CC1. The van der Waals surface area contributed by atoms with Gasteiger partial charge in [-0.25, -0.2) is 9.59 Å². The number of carboxylic acid groups (broad SMARTS) is 1. The number of amides is 2. The average molecular weight is 274 g/mol. The molecular formula is C15H18N2O3. The summed E-state index contributed by atoms with van der Waals surface area (Å²) in [5.74, 6) is -0.880. The van der Waals surface area contributed by atoms with Crippen LogP contribution in [0.15, 0.2) is 18.2 Å². The van der Waals surface area contributed by atoms with E-state index in [-0.39, 0.29) is 5.92 Å². The highest BCUT2D eigenvalue weighted by atomic mass is 16.4. The highest BCUT2D eigenvalue weighted by Crippen LogP contribution is 2.32. The van der Waals surface area contributed by atoms with Crippen LogP contribution in [0.5, 0.6) is 0 Å². The van der Waals surface area contributed by atoms with E-state index in [4.69, 9.17) is 5.11 Å². The number of fused-ring (bicyclic) bond motifs is 1. The molecule has 0 spiro atoms. The van der Waals surface area contributed by atoms with Gasteiger partial charge < -0.3 is 15.7 Å². The number of aryl methyl sites for hydroxylation is 2. The van der Waals surface area contributed by atoms with E-state index < -0.39 is 18.0 Å². The minimum Gasteiger partial charge on any atom is -0.480 e. The first-order chi connectivity index (χ1) is 9.63. The summed E-state index contributed by atoms with van der Waals surface area (Å²) in [6.07, 6.45) is 5.05. The molecule has 2 amide bonds. The van der Waals surface area contributed by atoms with Crippen molar-refractivity contribution >= 4 is 17.7 Å². The molecule has 0 aromatic heterocycles. The molecule has 3 rings (SSSR count). The number of benzene rings is 1. The van der Waals surface area contributed by atoms with Crippen molar-refractivity contribution in [2.24, 2.45) is 5.92 Å². The van der Waals surface area contributed by atoms with E-state index in [0.717, 1.165) is 37.8 Å². The molecule has 0 radical (unpaired) electrons. The molecule has 106 valence electrons. The maximum atomic E-state index is 11.9. The van der Waals surface area contributed by atoms with Crippen molar-refractivity contribution in [3.63, 3.8) is 0 Å². The van der Waals surface area contributed by atoms with Crippen LogP contribution in [0.2, 0.25) is 0 Å². The zero-order valence-corrected chi connectivity index (χ0v) is 11.2. The van der Waals surface area contributed by atoms with Gasteiger partial charge in [-0.05, 0) is 61.3 Å². The predicted molar refractivity (Wildman–Crippen MR) is 74.8 cm³/mol. The van der Waals surface area contributed by atoms with E-state index >= 15 is 0 Å². The molecule has 1 aromatic carbocycles. The van der Waals surface area contributed by atoms with E-state index in [9.17, 15) is 9.59 Å². The molecule has 20 heavy (non-hydrogen) atoms. The Kier molecular flexibility index (Phi) is 3.34. The Morgan fingerprint density at radius 2 is 1.95 bits per heavy atom. The molecule has 0 heterocycles. The van der Waals surface area contributed by atoms with Crippen LogP contribution in [0.1, 0.15) is 30.4 Å². The average Bonchev–Trinajstić information content (AvgIpc) is 3.13. The number of carbonyl (C=O) groups excluding carboxylic acids is 1. The highest BCUT2D eigenvalue weighted by molar-refractivity contribution is 5.92. The van der Waals surface area contributed by atoms with Gasteiger partial charge in [0.1, 0.15) is 6.04 Å². The van der Waals surface area contributed by atoms with Gasteiger partial charge in [-0.15, -0.1) is 0 Å². The van der Waals surface area contributed by atoms with Crippen molar-refractivity contribution in [2.45, 2.75) is 38.1 Å². The summed E-state index contributed by atoms with van der Waals surface area (Å²) in [5, 5.41) is 14.4. The van der Waals surface area contributed by atoms with Crippen LogP contribution >= 0.6 is 0 Å². The maximum absolute atomic E-state index is 11.9. The lowest BCUT2D eigenvalue weighted by Gasteiger charge is -2.14. The molecule has 1 aromatic rings. The Labute approximate surface area is 117 Å². The van der Waals surface area contributed by atoms with Crippen LogP contribution < -0.4 is 10.6 Å². The number of nitrogens with one attached hydrogen (secondary N) is 2. The number of anilines is 1. The Hall–Kier alpha value is -2.04. The lowest BCUT2D eigenvalue weighted by atomic mass is 10.1. The fraction of sp³-hybridized carbons (Fsp3) is 0.467. The monoisotopic (exact) mass is 274 g/mol. The number of aliphatic carboxylic acids is 1. The third-order valence-electron chi connectivity index (χ3n) is 4.00. The van der Waals surface area contributed by atoms with Gasteiger partial charge in [-0.3, -0.25) is 0 Å². The van der Waals surface area contributed by atoms with Gasteiger partial charge in [-0.1, -0.05) is 6.07 Å². The molecule has 1 unspecified atom stereocenters. The van der Waals surface area contributed by atoms with Crippen molar-refractivity contribution in [1.82, 2.24) is 5.32 Å². The molecule has 1 saturated carbocycles. The minimum atomic E-state index is -0.961. The standard InChI is InChI=1S/C15H18N2O3/c18-14(19)13(10-4-5-10)17-15(20)16-12-7-6-9-2-1-3-11(9)8-12/h6-8,10,13H,1-5H2,(H,18,19)(H2,16,17,20). The zero-order chi connectivity index (χ0) is 14.1. The number of carboxylic acids is 1. The Morgan fingerprint density at radius 3 is 2.65 bits per heavy atom. The van der Waals surface area contributed by atoms with Gasteiger partial charge in [0, 0.05) is 5.69 Å². The van der Waals surface area contributed by atoms with Crippen LogP contribution in [-0.4, -0.2) is 23.1 Å². The number of urea groups is 1. The molecule has 0 bridgehead atoms. The largest absolute Gasteiger partial charge is 0.480 e. The predicted octanol–water partition coefficient (Wildman–Crippen LogP) is 2.16. The van der Waals surface area contributed by atoms with Gasteiger partial charge >= 0.3 is 12.0 Å². The van der Waals surface area contributed by atoms with Crippen LogP contribution in [-0.2, 0) is 17.6 Å². The molecule has 2 aliphatic rings. The first-order valence-electron chi connectivity index (χ1n) is 7.05. The third kappa shape index (κ3) is 2.76. The maximum Gasteiger partial charge on any atom is 0.326 e. The van der Waals surface area contributed by atoms with Crippen molar-refractivity contribution in [2.75, 3.05) is 5.32 Å². The van der Waals surface area contributed by atoms with Crippen LogP contribution in [0, 0.1) is 5.92 Å². The van der Waals surface area contributed by atoms with Crippen molar-refractivity contribution in [3.8, 4) is 0 Å². The van der Waals surface area contributed by atoms with Crippen molar-refractivity contribution in [3.05, 3.63) is 29.3 Å². The second-order valence-electron chi connectivity index (χ2n) is 5.59. The first kappa shape index (κ1) is 13.0. The lowest BCUT2D eigenvalue weighted by Crippen LogP contribution is -2.44. The summed E-state index contributed by atoms with van der Waals surface area (Å²) in [7, 11) is 0. The highest BCUT2D eigenvalue weighted by Gasteiger charge is 2.37. The van der Waals surface area contributed by atoms with Crippen molar-refractivity contribution in [1.29, 1.82) is 0 Å². The smallest absolute Gasteiger partial charge is 0.326 e. The molecule has 5 nitrogen and oxygen atoms in total. The van der Waals surface area contributed by atoms with Crippen LogP contribution in [0.25, 0.3) is 0 Å². The quantitative estimate of drug-likeness (QED) is 0.787. The summed E-state index contributed by atoms with van der Waals surface area (Å²) in [4.78, 5) is 23.0. The van der Waals surface area contributed by atoms with E-state index in [1.165, 1.54) is 11.1 Å². The summed E-state index contributed by atoms with van der Waals surface area (Å²) in [5.41, 5.74) is 3.35. The molecule has 5 heteroatoms. The van der Waals surface area contributed by atoms with E-state index in [1.54, 1.807) is 0 Å². The zero-order valence-electron chi connectivity index (χ0n) is 11.2. The Balaban J connectivity index is 1.62. The fourth-order valence-electron chi connectivity index (χ4n) is 2.77. The van der Waals surface area contributed by atoms with E-state index in [2.05, 4.69) is 10.6 Å². The fourth-order valence-corrected chi connectivity index (χ4v) is 2.77. The van der Waals surface area contributed by atoms with Gasteiger partial charge in [-0.2, -0.15) is 0 Å². The van der Waals surface area contributed by atoms with Gasteiger partial charge in [0.25, 0.3) is 0 Å². The second-order valence-corrected chi connectivity index (χ2v) is 5.59. The molecule has 2 aliphatic carbocycles. The molecule has 0 aliphatic heterocycles. The first-order valence-corrected chi connectivity index (χ1v) is 7.05. The topological polar surface area (TPSA) is 78.4 Å². The second kappa shape index (κ2) is 5.15. The van der Waals surface area contributed by atoms with E-state index in [0.29, 0.717) is 0 Å². The summed E-state index contributed by atoms with van der Waals surface area (Å²) < 4.78 is 0. The number of hydrogen-bond donors (Lipinski definition) is 3. The van der Waals surface area contributed by atoms with E-state index in [1.807, 2.05) is 18.2 Å². The third-order valence-corrected chi connectivity index (χ3v) is 4.00. The van der Waals surface area contributed by atoms with Gasteiger partial charge in [0.05, 0.1) is 0 Å². The Morgan fingerprint density at radius 1 is 1.20 bits per heavy atom. The normalized spacial score (nSPS) is 18.2. The van der Waals surface area contributed by atoms with Gasteiger partial charge in [0.2, 0.25) is 0 Å². The van der Waals surface area contributed by atoms with Crippen LogP contribution in [0.3, 0.4) is 0 Å². The summed E-state index contributed by atoms with van der Waals surface area (Å²) in [6, 6.07) is 4.67. The molecule has 3 N–H and O–H groups in total. The molecule has 1 fully saturated rings. The van der Waals surface area contributed by atoms with Gasteiger partial charge in [0.15, 0.2) is 0 Å². The van der Waals surface area contributed by atoms with Crippen molar-refractivity contribution < 1.29 is 14.7 Å². The molecular weight excluding hydrogens is 256 g/mol. The van der Waals surface area contributed by atoms with Crippen LogP contribution in [0.4, 0.5) is 10.5 Å². The Bertz CT molecular complexity index is 552.